The van der Waals surface area contributed by atoms with Gasteiger partial charge in [-0.3, -0.25) is 4.98 Å². The summed E-state index contributed by atoms with van der Waals surface area (Å²) in [6.45, 7) is 0. The van der Waals surface area contributed by atoms with Gasteiger partial charge in [0.05, 0.1) is 11.1 Å². The Kier molecular flexibility index (Phi) is 2.30. The van der Waals surface area contributed by atoms with Crippen molar-refractivity contribution in [2.24, 2.45) is 0 Å². The number of carboxylic acid groups (broad SMARTS) is 1. The van der Waals surface area contributed by atoms with Gasteiger partial charge in [0.15, 0.2) is 0 Å². The molecule has 1 heterocycles. The normalized spacial score (nSPS) is 11.6. The summed E-state index contributed by atoms with van der Waals surface area (Å²) in [4.78, 5) is 14.3. The Bertz CT molecular complexity index is 549. The number of pyridine rings is 1. The maximum atomic E-state index is 13.4. The van der Waals surface area contributed by atoms with E-state index in [9.17, 15) is 13.6 Å². The molecule has 2 aromatic rings. The second-order valence-corrected chi connectivity index (χ2v) is 3.26. The molecule has 2 rings (SSSR count). The van der Waals surface area contributed by atoms with E-state index >= 15 is 0 Å². The molecule has 82 valence electrons. The first-order chi connectivity index (χ1) is 7.53. The highest BCUT2D eigenvalue weighted by molar-refractivity contribution is 5.88. The summed E-state index contributed by atoms with van der Waals surface area (Å²) in [7, 11) is 0. The molecule has 0 radical (unpaired) electrons. The molecule has 5 heteroatoms. The molecule has 0 atom stereocenters. The second kappa shape index (κ2) is 3.52. The summed E-state index contributed by atoms with van der Waals surface area (Å²) in [5.41, 5.74) is -0.574. The van der Waals surface area contributed by atoms with Crippen LogP contribution >= 0.6 is 0 Å². The first kappa shape index (κ1) is 10.5. The molecule has 0 aliphatic rings. The zero-order valence-corrected chi connectivity index (χ0v) is 8.02. The predicted molar refractivity (Wildman–Crippen MR) is 53.3 cm³/mol. The maximum absolute atomic E-state index is 13.4. The summed E-state index contributed by atoms with van der Waals surface area (Å²) in [5.74, 6) is -6.10. The smallest absolute Gasteiger partial charge is 0.379 e. The first-order valence-corrected chi connectivity index (χ1v) is 4.49. The highest BCUT2D eigenvalue weighted by Gasteiger charge is 2.42. The zero-order valence-electron chi connectivity index (χ0n) is 8.02. The summed E-state index contributed by atoms with van der Waals surface area (Å²) in [6.07, 6.45) is 1.35. The minimum absolute atomic E-state index is 0.0115. The van der Waals surface area contributed by atoms with Crippen LogP contribution in [0.3, 0.4) is 0 Å². The SMILES string of the molecule is O=C(O)C(F)(F)c1cccc2cccnc12. The fraction of sp³-hybridized carbons (Fsp3) is 0.0909. The lowest BCUT2D eigenvalue weighted by Crippen LogP contribution is -2.25. The van der Waals surface area contributed by atoms with Crippen LogP contribution in [0.1, 0.15) is 5.56 Å². The van der Waals surface area contributed by atoms with Gasteiger partial charge in [-0.05, 0) is 6.07 Å². The van der Waals surface area contributed by atoms with Crippen LogP contribution < -0.4 is 0 Å². The highest BCUT2D eigenvalue weighted by Crippen LogP contribution is 2.32. The number of carbonyl (C=O) groups is 1. The van der Waals surface area contributed by atoms with Crippen molar-refractivity contribution in [2.45, 2.75) is 5.92 Å². The van der Waals surface area contributed by atoms with Gasteiger partial charge in [-0.2, -0.15) is 8.78 Å². The molecule has 3 nitrogen and oxygen atoms in total. The van der Waals surface area contributed by atoms with Gasteiger partial charge in [-0.1, -0.05) is 24.3 Å². The standard InChI is InChI=1S/C11H7F2NO2/c12-11(13,10(15)16)8-5-1-3-7-4-2-6-14-9(7)8/h1-6H,(H,15,16). The van der Waals surface area contributed by atoms with Crippen molar-refractivity contribution in [3.8, 4) is 0 Å². The van der Waals surface area contributed by atoms with E-state index < -0.39 is 17.5 Å². The molecule has 1 N–H and O–H groups in total. The van der Waals surface area contributed by atoms with Crippen LogP contribution in [0.15, 0.2) is 36.5 Å². The molecule has 0 unspecified atom stereocenters. The minimum Gasteiger partial charge on any atom is -0.477 e. The van der Waals surface area contributed by atoms with Crippen molar-refractivity contribution < 1.29 is 18.7 Å². The van der Waals surface area contributed by atoms with Crippen LogP contribution in [0.2, 0.25) is 0 Å². The van der Waals surface area contributed by atoms with Crippen LogP contribution in [0.5, 0.6) is 0 Å². The molecule has 1 aromatic carbocycles. The van der Waals surface area contributed by atoms with Crippen molar-refractivity contribution in [1.82, 2.24) is 4.98 Å². The van der Waals surface area contributed by atoms with Crippen molar-refractivity contribution in [1.29, 1.82) is 0 Å². The quantitative estimate of drug-likeness (QED) is 0.850. The van der Waals surface area contributed by atoms with Gasteiger partial charge in [-0.25, -0.2) is 4.79 Å². The Morgan fingerprint density at radius 3 is 2.62 bits per heavy atom. The van der Waals surface area contributed by atoms with E-state index in [2.05, 4.69) is 4.98 Å². The Labute approximate surface area is 89.3 Å². The van der Waals surface area contributed by atoms with Crippen LogP contribution in [-0.2, 0) is 10.7 Å². The number of nitrogens with zero attached hydrogens (tertiary/aromatic N) is 1. The Balaban J connectivity index is 2.74. The topological polar surface area (TPSA) is 50.2 Å². The number of aromatic nitrogens is 1. The van der Waals surface area contributed by atoms with Gasteiger partial charge in [0.25, 0.3) is 0 Å². The van der Waals surface area contributed by atoms with Gasteiger partial charge in [0.1, 0.15) is 0 Å². The number of para-hydroxylation sites is 1. The Hall–Kier alpha value is -2.04. The molecule has 0 aliphatic heterocycles. The lowest BCUT2D eigenvalue weighted by atomic mass is 10.0. The van der Waals surface area contributed by atoms with Gasteiger partial charge >= 0.3 is 11.9 Å². The predicted octanol–water partition coefficient (Wildman–Crippen LogP) is 2.41. The van der Waals surface area contributed by atoms with Crippen LogP contribution in [0.25, 0.3) is 10.9 Å². The average Bonchev–Trinajstić information content (AvgIpc) is 2.28. The van der Waals surface area contributed by atoms with Gasteiger partial charge in [0, 0.05) is 11.6 Å². The molecule has 0 spiro atoms. The van der Waals surface area contributed by atoms with E-state index in [-0.39, 0.29) is 5.52 Å². The molecule has 0 amide bonds. The molecule has 0 saturated carbocycles. The number of alkyl halides is 2. The van der Waals surface area contributed by atoms with Gasteiger partial charge in [-0.15, -0.1) is 0 Å². The number of hydrogen-bond donors (Lipinski definition) is 1. The Morgan fingerprint density at radius 2 is 1.94 bits per heavy atom. The lowest BCUT2D eigenvalue weighted by Gasteiger charge is -2.12. The van der Waals surface area contributed by atoms with E-state index in [0.717, 1.165) is 6.07 Å². The molecule has 16 heavy (non-hydrogen) atoms. The second-order valence-electron chi connectivity index (χ2n) is 3.26. The number of aliphatic carboxylic acids is 1. The zero-order chi connectivity index (χ0) is 11.8. The van der Waals surface area contributed by atoms with Crippen molar-refractivity contribution >= 4 is 16.9 Å². The Morgan fingerprint density at radius 1 is 1.25 bits per heavy atom. The van der Waals surface area contributed by atoms with Crippen LogP contribution in [0.4, 0.5) is 8.78 Å². The third kappa shape index (κ3) is 1.50. The fourth-order valence-electron chi connectivity index (χ4n) is 1.47. The van der Waals surface area contributed by atoms with E-state index in [1.807, 2.05) is 0 Å². The molecule has 0 fully saturated rings. The summed E-state index contributed by atoms with van der Waals surface area (Å²) in [6, 6.07) is 7.26. The van der Waals surface area contributed by atoms with E-state index in [0.29, 0.717) is 5.39 Å². The number of halogens is 2. The van der Waals surface area contributed by atoms with E-state index in [4.69, 9.17) is 5.11 Å². The summed E-state index contributed by atoms with van der Waals surface area (Å²) in [5, 5.41) is 8.96. The van der Waals surface area contributed by atoms with Crippen LogP contribution in [-0.4, -0.2) is 16.1 Å². The third-order valence-electron chi connectivity index (χ3n) is 2.24. The summed E-state index contributed by atoms with van der Waals surface area (Å²) >= 11 is 0. The molecule has 0 aliphatic carbocycles. The highest BCUT2D eigenvalue weighted by atomic mass is 19.3. The van der Waals surface area contributed by atoms with Crippen molar-refractivity contribution in [2.75, 3.05) is 0 Å². The lowest BCUT2D eigenvalue weighted by molar-refractivity contribution is -0.166. The third-order valence-corrected chi connectivity index (χ3v) is 2.24. The minimum atomic E-state index is -3.92. The number of fused-ring (bicyclic) bond motifs is 1. The van der Waals surface area contributed by atoms with Crippen molar-refractivity contribution in [3.05, 3.63) is 42.1 Å². The van der Waals surface area contributed by atoms with E-state index in [1.54, 1.807) is 18.2 Å². The van der Waals surface area contributed by atoms with E-state index in [1.165, 1.54) is 12.3 Å². The van der Waals surface area contributed by atoms with Crippen molar-refractivity contribution in [3.63, 3.8) is 0 Å². The summed E-state index contributed by atoms with van der Waals surface area (Å²) < 4.78 is 26.7. The van der Waals surface area contributed by atoms with Crippen LogP contribution in [0, 0.1) is 0 Å². The maximum Gasteiger partial charge on any atom is 0.379 e. The largest absolute Gasteiger partial charge is 0.477 e. The molecule has 1 aromatic heterocycles. The number of hydrogen-bond acceptors (Lipinski definition) is 2. The molecular weight excluding hydrogens is 216 g/mol. The number of rotatable bonds is 2. The number of benzene rings is 1. The molecular formula is C11H7F2NO2. The fourth-order valence-corrected chi connectivity index (χ4v) is 1.47. The first-order valence-electron chi connectivity index (χ1n) is 4.49. The average molecular weight is 223 g/mol. The monoisotopic (exact) mass is 223 g/mol. The molecule has 0 bridgehead atoms. The molecule has 0 saturated heterocycles. The van der Waals surface area contributed by atoms with Gasteiger partial charge < -0.3 is 5.11 Å². The number of carboxylic acids is 1. The van der Waals surface area contributed by atoms with Gasteiger partial charge in [0.2, 0.25) is 0 Å².